The summed E-state index contributed by atoms with van der Waals surface area (Å²) < 4.78 is 0. The molecule has 0 spiro atoms. The first kappa shape index (κ1) is 13.0. The minimum Gasteiger partial charge on any atom is -0.481 e. The van der Waals surface area contributed by atoms with Crippen LogP contribution in [0.25, 0.3) is 0 Å². The van der Waals surface area contributed by atoms with Crippen LogP contribution in [0.15, 0.2) is 24.3 Å². The average Bonchev–Trinajstić information content (AvgIpc) is 2.76. The number of carboxylic acid groups (broad SMARTS) is 1. The molecule has 1 fully saturated rings. The molecule has 1 unspecified atom stereocenters. The minimum atomic E-state index is -0.781. The Morgan fingerprint density at radius 3 is 2.75 bits per heavy atom. The van der Waals surface area contributed by atoms with Crippen molar-refractivity contribution in [3.05, 3.63) is 29.8 Å². The lowest BCUT2D eigenvalue weighted by Crippen LogP contribution is -2.50. The van der Waals surface area contributed by atoms with Gasteiger partial charge >= 0.3 is 5.97 Å². The van der Waals surface area contributed by atoms with Gasteiger partial charge < -0.3 is 15.3 Å². The van der Waals surface area contributed by atoms with Crippen molar-refractivity contribution >= 4 is 17.6 Å². The van der Waals surface area contributed by atoms with E-state index in [1.165, 1.54) is 5.56 Å². The number of nitrogens with zero attached hydrogens (tertiary/aromatic N) is 1. The molecule has 2 N–H and O–H groups in total. The van der Waals surface area contributed by atoms with Gasteiger partial charge in [0.1, 0.15) is 0 Å². The summed E-state index contributed by atoms with van der Waals surface area (Å²) in [5.74, 6) is -0.283. The zero-order chi connectivity index (χ0) is 14.1. The number of carbonyl (C=O) groups is 2. The van der Waals surface area contributed by atoms with E-state index < -0.39 is 5.97 Å². The number of aliphatic carboxylic acids is 1. The molecule has 1 atom stereocenters. The Morgan fingerprint density at radius 1 is 1.25 bits per heavy atom. The maximum absolute atomic E-state index is 12.2. The van der Waals surface area contributed by atoms with Crippen molar-refractivity contribution in [2.75, 3.05) is 25.0 Å². The minimum absolute atomic E-state index is 0.130. The molecule has 5 nitrogen and oxygen atoms in total. The number of nitrogens with one attached hydrogen (secondary N) is 1. The lowest BCUT2D eigenvalue weighted by Gasteiger charge is -2.39. The number of anilines is 1. The Balaban J connectivity index is 1.53. The molecule has 106 valence electrons. The van der Waals surface area contributed by atoms with Crippen LogP contribution < -0.4 is 5.32 Å². The monoisotopic (exact) mass is 274 g/mol. The van der Waals surface area contributed by atoms with Gasteiger partial charge in [-0.1, -0.05) is 18.2 Å². The van der Waals surface area contributed by atoms with Crippen LogP contribution in [0.2, 0.25) is 0 Å². The van der Waals surface area contributed by atoms with Gasteiger partial charge in [0.05, 0.1) is 6.42 Å². The molecule has 20 heavy (non-hydrogen) atoms. The second kappa shape index (κ2) is 5.15. The molecular formula is C15H18N2O3. The number of amides is 1. The normalized spacial score (nSPS) is 21.0. The molecule has 0 aliphatic carbocycles. The molecule has 0 aromatic heterocycles. The molecule has 0 saturated carbocycles. The van der Waals surface area contributed by atoms with E-state index in [0.717, 1.165) is 12.2 Å². The average molecular weight is 274 g/mol. The van der Waals surface area contributed by atoms with E-state index in [0.29, 0.717) is 19.5 Å². The van der Waals surface area contributed by atoms with Crippen molar-refractivity contribution in [2.45, 2.75) is 18.8 Å². The Labute approximate surface area is 117 Å². The fourth-order valence-electron chi connectivity index (χ4n) is 3.03. The predicted molar refractivity (Wildman–Crippen MR) is 74.6 cm³/mol. The van der Waals surface area contributed by atoms with Crippen LogP contribution in [0.1, 0.15) is 24.3 Å². The van der Waals surface area contributed by atoms with E-state index in [-0.39, 0.29) is 24.2 Å². The molecule has 3 rings (SSSR count). The molecule has 5 heteroatoms. The van der Waals surface area contributed by atoms with Gasteiger partial charge in [0.15, 0.2) is 0 Å². The summed E-state index contributed by atoms with van der Waals surface area (Å²) in [4.78, 5) is 24.5. The Hall–Kier alpha value is -2.04. The zero-order valence-electron chi connectivity index (χ0n) is 11.2. The van der Waals surface area contributed by atoms with Crippen LogP contribution in [-0.4, -0.2) is 41.5 Å². The summed E-state index contributed by atoms with van der Waals surface area (Å²) in [5, 5.41) is 12.0. The van der Waals surface area contributed by atoms with Gasteiger partial charge in [0, 0.05) is 43.6 Å². The van der Waals surface area contributed by atoms with Crippen LogP contribution >= 0.6 is 0 Å². The highest BCUT2D eigenvalue weighted by atomic mass is 16.4. The van der Waals surface area contributed by atoms with Crippen molar-refractivity contribution < 1.29 is 14.7 Å². The van der Waals surface area contributed by atoms with Gasteiger partial charge in [-0.3, -0.25) is 9.59 Å². The van der Waals surface area contributed by atoms with Gasteiger partial charge in [-0.2, -0.15) is 0 Å². The van der Waals surface area contributed by atoms with Crippen molar-refractivity contribution in [1.82, 2.24) is 4.90 Å². The third-order valence-electron chi connectivity index (χ3n) is 4.13. The smallest absolute Gasteiger partial charge is 0.303 e. The van der Waals surface area contributed by atoms with E-state index in [9.17, 15) is 9.59 Å². The number of rotatable bonds is 4. The molecule has 0 radical (unpaired) electrons. The van der Waals surface area contributed by atoms with Crippen LogP contribution in [-0.2, 0) is 9.59 Å². The van der Waals surface area contributed by atoms with E-state index in [4.69, 9.17) is 5.11 Å². The topological polar surface area (TPSA) is 69.6 Å². The Morgan fingerprint density at radius 2 is 2.00 bits per heavy atom. The number of hydrogen-bond acceptors (Lipinski definition) is 3. The summed E-state index contributed by atoms with van der Waals surface area (Å²) in [7, 11) is 0. The molecule has 1 saturated heterocycles. The van der Waals surface area contributed by atoms with Crippen molar-refractivity contribution in [1.29, 1.82) is 0 Å². The summed E-state index contributed by atoms with van der Waals surface area (Å²) >= 11 is 0. The Bertz CT molecular complexity index is 538. The number of benzene rings is 1. The van der Waals surface area contributed by atoms with E-state index in [1.807, 2.05) is 18.2 Å². The highest BCUT2D eigenvalue weighted by Gasteiger charge is 2.34. The van der Waals surface area contributed by atoms with Crippen molar-refractivity contribution in [3.63, 3.8) is 0 Å². The second-order valence-corrected chi connectivity index (χ2v) is 5.63. The number of fused-ring (bicyclic) bond motifs is 1. The number of carbonyl (C=O) groups excluding carboxylic acids is 1. The SMILES string of the molecule is O=C(O)CC1CN(C(=O)CC2CNc3ccccc32)C1. The first-order valence-electron chi connectivity index (χ1n) is 6.96. The van der Waals surface area contributed by atoms with Crippen LogP contribution in [0.5, 0.6) is 0 Å². The first-order valence-corrected chi connectivity index (χ1v) is 6.96. The van der Waals surface area contributed by atoms with Gasteiger partial charge in [-0.05, 0) is 11.6 Å². The van der Waals surface area contributed by atoms with Gasteiger partial charge in [-0.15, -0.1) is 0 Å². The third-order valence-corrected chi connectivity index (χ3v) is 4.13. The Kier molecular flexibility index (Phi) is 3.34. The van der Waals surface area contributed by atoms with E-state index in [1.54, 1.807) is 4.90 Å². The predicted octanol–water partition coefficient (Wildman–Crippen LogP) is 1.52. The molecule has 2 heterocycles. The molecule has 1 aromatic carbocycles. The number of likely N-dealkylation sites (tertiary alicyclic amines) is 1. The van der Waals surface area contributed by atoms with E-state index in [2.05, 4.69) is 11.4 Å². The van der Waals surface area contributed by atoms with Crippen LogP contribution in [0.3, 0.4) is 0 Å². The fraction of sp³-hybridized carbons (Fsp3) is 0.467. The number of hydrogen-bond donors (Lipinski definition) is 2. The van der Waals surface area contributed by atoms with Gasteiger partial charge in [0.25, 0.3) is 0 Å². The maximum atomic E-state index is 12.2. The highest BCUT2D eigenvalue weighted by Crippen LogP contribution is 2.34. The lowest BCUT2D eigenvalue weighted by atomic mass is 9.93. The standard InChI is InChI=1S/C15H18N2O3/c18-14(17-8-10(9-17)5-15(19)20)6-11-7-16-13-4-2-1-3-12(11)13/h1-4,10-11,16H,5-9H2,(H,19,20). The molecule has 1 aromatic rings. The summed E-state index contributed by atoms with van der Waals surface area (Å²) in [6, 6.07) is 8.08. The number of carboxylic acids is 1. The van der Waals surface area contributed by atoms with Gasteiger partial charge in [0.2, 0.25) is 5.91 Å². The zero-order valence-corrected chi connectivity index (χ0v) is 11.2. The van der Waals surface area contributed by atoms with Crippen LogP contribution in [0, 0.1) is 5.92 Å². The maximum Gasteiger partial charge on any atom is 0.303 e. The second-order valence-electron chi connectivity index (χ2n) is 5.63. The number of para-hydroxylation sites is 1. The van der Waals surface area contributed by atoms with Crippen molar-refractivity contribution in [3.8, 4) is 0 Å². The van der Waals surface area contributed by atoms with E-state index >= 15 is 0 Å². The van der Waals surface area contributed by atoms with Crippen molar-refractivity contribution in [2.24, 2.45) is 5.92 Å². The molecule has 1 amide bonds. The quantitative estimate of drug-likeness (QED) is 0.873. The summed E-state index contributed by atoms with van der Waals surface area (Å²) in [6.45, 7) is 1.98. The van der Waals surface area contributed by atoms with Crippen LogP contribution in [0.4, 0.5) is 5.69 Å². The largest absolute Gasteiger partial charge is 0.481 e. The molecular weight excluding hydrogens is 256 g/mol. The first-order chi connectivity index (χ1) is 9.63. The fourth-order valence-corrected chi connectivity index (χ4v) is 3.03. The molecule has 2 aliphatic heterocycles. The summed E-state index contributed by atoms with van der Waals surface area (Å²) in [5.41, 5.74) is 2.33. The lowest BCUT2D eigenvalue weighted by molar-refractivity contribution is -0.145. The highest BCUT2D eigenvalue weighted by molar-refractivity contribution is 5.79. The molecule has 2 aliphatic rings. The summed E-state index contributed by atoms with van der Waals surface area (Å²) in [6.07, 6.45) is 0.668. The molecule has 0 bridgehead atoms. The van der Waals surface area contributed by atoms with Gasteiger partial charge in [-0.25, -0.2) is 0 Å². The third kappa shape index (κ3) is 2.48.